The van der Waals surface area contributed by atoms with Gasteiger partial charge in [0.15, 0.2) is 0 Å². The van der Waals surface area contributed by atoms with Crippen LogP contribution in [0, 0.1) is 11.8 Å². The molecule has 0 saturated heterocycles. The van der Waals surface area contributed by atoms with E-state index in [-0.39, 0.29) is 5.91 Å². The number of carbonyl (C=O) groups is 1. The Bertz CT molecular complexity index is 164. The van der Waals surface area contributed by atoms with Crippen LogP contribution in [-0.4, -0.2) is 11.1 Å². The van der Waals surface area contributed by atoms with Crippen molar-refractivity contribution in [3.63, 3.8) is 0 Å². The molecular weight excluding hydrogens is 166 g/mol. The molecular formula is C10H19NO2. The summed E-state index contributed by atoms with van der Waals surface area (Å²) in [7, 11) is 0. The van der Waals surface area contributed by atoms with Crippen LogP contribution < -0.4 is 5.48 Å². The fourth-order valence-corrected chi connectivity index (χ4v) is 2.21. The minimum absolute atomic E-state index is 0.252. The zero-order valence-corrected chi connectivity index (χ0v) is 8.25. The lowest BCUT2D eigenvalue weighted by Crippen LogP contribution is -2.25. The largest absolute Gasteiger partial charge is 0.289 e. The van der Waals surface area contributed by atoms with Gasteiger partial charge in [0.2, 0.25) is 5.91 Å². The van der Waals surface area contributed by atoms with E-state index in [9.17, 15) is 4.79 Å². The van der Waals surface area contributed by atoms with E-state index in [0.29, 0.717) is 18.3 Å². The van der Waals surface area contributed by atoms with Crippen LogP contribution in [0.2, 0.25) is 0 Å². The highest BCUT2D eigenvalue weighted by atomic mass is 16.5. The molecule has 0 spiro atoms. The maximum absolute atomic E-state index is 10.9. The van der Waals surface area contributed by atoms with Crippen molar-refractivity contribution < 1.29 is 10.0 Å². The number of rotatable bonds is 3. The smallest absolute Gasteiger partial charge is 0.243 e. The van der Waals surface area contributed by atoms with Gasteiger partial charge in [0, 0.05) is 6.42 Å². The number of nitrogens with one attached hydrogen (secondary N) is 1. The Morgan fingerprint density at radius 3 is 2.62 bits per heavy atom. The summed E-state index contributed by atoms with van der Waals surface area (Å²) in [5, 5.41) is 8.38. The molecule has 1 atom stereocenters. The lowest BCUT2D eigenvalue weighted by atomic mass is 9.79. The first kappa shape index (κ1) is 10.5. The number of hydrogen-bond donors (Lipinski definition) is 2. The third-order valence-electron chi connectivity index (χ3n) is 3.09. The summed E-state index contributed by atoms with van der Waals surface area (Å²) in [5.74, 6) is 0.844. The Labute approximate surface area is 79.5 Å². The van der Waals surface area contributed by atoms with E-state index < -0.39 is 0 Å². The van der Waals surface area contributed by atoms with Gasteiger partial charge < -0.3 is 0 Å². The average molecular weight is 185 g/mol. The minimum Gasteiger partial charge on any atom is -0.289 e. The molecule has 76 valence electrons. The monoisotopic (exact) mass is 185 g/mol. The molecule has 0 aliphatic heterocycles. The molecule has 1 amide bonds. The zero-order chi connectivity index (χ0) is 9.68. The van der Waals surface area contributed by atoms with Crippen molar-refractivity contribution in [2.75, 3.05) is 0 Å². The third-order valence-corrected chi connectivity index (χ3v) is 3.09. The van der Waals surface area contributed by atoms with E-state index in [2.05, 4.69) is 6.92 Å². The van der Waals surface area contributed by atoms with Crippen LogP contribution in [0.25, 0.3) is 0 Å². The average Bonchev–Trinajstić information content (AvgIpc) is 2.19. The van der Waals surface area contributed by atoms with Crippen molar-refractivity contribution in [1.29, 1.82) is 0 Å². The Balaban J connectivity index is 2.28. The molecule has 0 aromatic carbocycles. The van der Waals surface area contributed by atoms with Gasteiger partial charge in [-0.1, -0.05) is 39.0 Å². The molecule has 1 saturated carbocycles. The van der Waals surface area contributed by atoms with Gasteiger partial charge in [-0.3, -0.25) is 10.0 Å². The molecule has 1 aliphatic carbocycles. The van der Waals surface area contributed by atoms with E-state index in [1.165, 1.54) is 32.1 Å². The maximum atomic E-state index is 10.9. The number of hydrogen-bond acceptors (Lipinski definition) is 2. The first-order valence-electron chi connectivity index (χ1n) is 5.17. The van der Waals surface area contributed by atoms with E-state index in [0.717, 1.165) is 0 Å². The van der Waals surface area contributed by atoms with E-state index in [4.69, 9.17) is 5.21 Å². The molecule has 0 aromatic heterocycles. The van der Waals surface area contributed by atoms with Crippen molar-refractivity contribution in [2.24, 2.45) is 11.8 Å². The topological polar surface area (TPSA) is 49.3 Å². The predicted molar refractivity (Wildman–Crippen MR) is 50.3 cm³/mol. The summed E-state index contributed by atoms with van der Waals surface area (Å²) in [6.45, 7) is 2.10. The molecule has 1 unspecified atom stereocenters. The highest BCUT2D eigenvalue weighted by Crippen LogP contribution is 2.31. The first-order valence-corrected chi connectivity index (χ1v) is 5.17. The van der Waals surface area contributed by atoms with Crippen molar-refractivity contribution in [3.8, 4) is 0 Å². The van der Waals surface area contributed by atoms with Crippen LogP contribution in [0.5, 0.6) is 0 Å². The predicted octanol–water partition coefficient (Wildman–Crippen LogP) is 2.10. The van der Waals surface area contributed by atoms with Crippen LogP contribution in [0.3, 0.4) is 0 Å². The summed E-state index contributed by atoms with van der Waals surface area (Å²) in [6, 6.07) is 0. The zero-order valence-electron chi connectivity index (χ0n) is 8.25. The Hall–Kier alpha value is -0.570. The van der Waals surface area contributed by atoms with Gasteiger partial charge in [0.05, 0.1) is 0 Å². The molecule has 0 bridgehead atoms. The van der Waals surface area contributed by atoms with Gasteiger partial charge in [-0.2, -0.15) is 0 Å². The second-order valence-corrected chi connectivity index (χ2v) is 4.11. The van der Waals surface area contributed by atoms with Crippen LogP contribution in [-0.2, 0) is 4.79 Å². The Morgan fingerprint density at radius 2 is 2.08 bits per heavy atom. The van der Waals surface area contributed by atoms with Crippen LogP contribution in [0.4, 0.5) is 0 Å². The molecule has 1 fully saturated rings. The lowest BCUT2D eigenvalue weighted by Gasteiger charge is -2.26. The number of amides is 1. The molecule has 1 aliphatic rings. The summed E-state index contributed by atoms with van der Waals surface area (Å²) in [5.41, 5.74) is 1.70. The van der Waals surface area contributed by atoms with E-state index in [1.807, 2.05) is 0 Å². The van der Waals surface area contributed by atoms with Crippen LogP contribution in [0.1, 0.15) is 45.4 Å². The van der Waals surface area contributed by atoms with Crippen molar-refractivity contribution >= 4 is 5.91 Å². The fraction of sp³-hybridized carbons (Fsp3) is 0.900. The second-order valence-electron chi connectivity index (χ2n) is 4.11. The van der Waals surface area contributed by atoms with Gasteiger partial charge in [0.25, 0.3) is 0 Å². The van der Waals surface area contributed by atoms with E-state index in [1.54, 1.807) is 5.48 Å². The summed E-state index contributed by atoms with van der Waals surface area (Å²) in [6.07, 6.45) is 6.90. The summed E-state index contributed by atoms with van der Waals surface area (Å²) < 4.78 is 0. The highest BCUT2D eigenvalue weighted by Gasteiger charge is 2.21. The molecule has 0 heterocycles. The number of hydroxylamine groups is 1. The van der Waals surface area contributed by atoms with Crippen LogP contribution in [0.15, 0.2) is 0 Å². The molecule has 1 rings (SSSR count). The molecule has 0 aromatic rings. The normalized spacial score (nSPS) is 21.1. The van der Waals surface area contributed by atoms with E-state index >= 15 is 0 Å². The van der Waals surface area contributed by atoms with Gasteiger partial charge >= 0.3 is 0 Å². The van der Waals surface area contributed by atoms with Crippen molar-refractivity contribution in [2.45, 2.75) is 45.4 Å². The molecule has 3 nitrogen and oxygen atoms in total. The fourth-order valence-electron chi connectivity index (χ4n) is 2.21. The van der Waals surface area contributed by atoms with Gasteiger partial charge in [0.1, 0.15) is 0 Å². The minimum atomic E-state index is -0.252. The van der Waals surface area contributed by atoms with Gasteiger partial charge in [-0.25, -0.2) is 5.48 Å². The maximum Gasteiger partial charge on any atom is 0.243 e. The van der Waals surface area contributed by atoms with Crippen LogP contribution >= 0.6 is 0 Å². The third kappa shape index (κ3) is 3.35. The van der Waals surface area contributed by atoms with Gasteiger partial charge in [-0.05, 0) is 11.8 Å². The molecule has 3 heteroatoms. The Kier molecular flexibility index (Phi) is 4.22. The molecule has 0 radical (unpaired) electrons. The molecule has 13 heavy (non-hydrogen) atoms. The summed E-state index contributed by atoms with van der Waals surface area (Å²) >= 11 is 0. The SMILES string of the molecule is CC(CC(=O)NO)C1CCCCC1. The standard InChI is InChI=1S/C10H19NO2/c1-8(7-10(12)11-13)9-5-3-2-4-6-9/h8-9,13H,2-7H2,1H3,(H,11,12). The Morgan fingerprint density at radius 1 is 1.46 bits per heavy atom. The summed E-state index contributed by atoms with van der Waals surface area (Å²) in [4.78, 5) is 10.9. The van der Waals surface area contributed by atoms with Gasteiger partial charge in [-0.15, -0.1) is 0 Å². The first-order chi connectivity index (χ1) is 6.24. The lowest BCUT2D eigenvalue weighted by molar-refractivity contribution is -0.130. The number of carbonyl (C=O) groups excluding carboxylic acids is 1. The highest BCUT2D eigenvalue weighted by molar-refractivity contribution is 5.74. The quantitative estimate of drug-likeness (QED) is 0.522. The van der Waals surface area contributed by atoms with Crippen molar-refractivity contribution in [3.05, 3.63) is 0 Å². The van der Waals surface area contributed by atoms with Crippen molar-refractivity contribution in [1.82, 2.24) is 5.48 Å². The second kappa shape index (κ2) is 5.22. The molecule has 2 N–H and O–H groups in total.